The van der Waals surface area contributed by atoms with Gasteiger partial charge in [0.25, 0.3) is 0 Å². The number of ether oxygens (including phenoxy) is 1. The summed E-state index contributed by atoms with van der Waals surface area (Å²) in [7, 11) is 0. The molecule has 98 valence electrons. The van der Waals surface area contributed by atoms with Crippen LogP contribution in [0.1, 0.15) is 18.1 Å². The standard InChI is InChI=1S/C14H13ClN2OS/c1-2-9-7-11(4-5-12(9)15)18-13-6-3-10(8-17-13)14(16)19/h3-8H,2H2,1H3,(H2,16,19). The first-order valence-electron chi connectivity index (χ1n) is 5.82. The van der Waals surface area contributed by atoms with Crippen molar-refractivity contribution in [2.75, 3.05) is 0 Å². The fourth-order valence-corrected chi connectivity index (χ4v) is 1.96. The van der Waals surface area contributed by atoms with Gasteiger partial charge in [0, 0.05) is 22.8 Å². The minimum absolute atomic E-state index is 0.318. The van der Waals surface area contributed by atoms with Crippen molar-refractivity contribution in [1.29, 1.82) is 0 Å². The van der Waals surface area contributed by atoms with E-state index >= 15 is 0 Å². The lowest BCUT2D eigenvalue weighted by Crippen LogP contribution is -2.09. The molecule has 0 fully saturated rings. The van der Waals surface area contributed by atoms with Gasteiger partial charge in [-0.25, -0.2) is 4.98 Å². The van der Waals surface area contributed by atoms with Crippen LogP contribution in [0.25, 0.3) is 0 Å². The van der Waals surface area contributed by atoms with Crippen LogP contribution < -0.4 is 10.5 Å². The van der Waals surface area contributed by atoms with Crippen LogP contribution in [0, 0.1) is 0 Å². The molecule has 0 aliphatic heterocycles. The molecule has 3 nitrogen and oxygen atoms in total. The Morgan fingerprint density at radius 1 is 1.37 bits per heavy atom. The number of benzene rings is 1. The first kappa shape index (κ1) is 13.8. The van der Waals surface area contributed by atoms with Gasteiger partial charge in [-0.2, -0.15) is 0 Å². The van der Waals surface area contributed by atoms with E-state index in [4.69, 9.17) is 34.3 Å². The molecule has 0 amide bonds. The van der Waals surface area contributed by atoms with E-state index in [1.807, 2.05) is 25.1 Å². The molecule has 0 saturated heterocycles. The summed E-state index contributed by atoms with van der Waals surface area (Å²) in [6, 6.07) is 9.05. The highest BCUT2D eigenvalue weighted by molar-refractivity contribution is 7.80. The summed E-state index contributed by atoms with van der Waals surface area (Å²) in [5, 5.41) is 0.742. The summed E-state index contributed by atoms with van der Waals surface area (Å²) < 4.78 is 5.66. The highest BCUT2D eigenvalue weighted by atomic mass is 35.5. The van der Waals surface area contributed by atoms with Gasteiger partial charge in [0.1, 0.15) is 10.7 Å². The van der Waals surface area contributed by atoms with E-state index in [-0.39, 0.29) is 0 Å². The third kappa shape index (κ3) is 3.43. The van der Waals surface area contributed by atoms with Crippen LogP contribution in [0.3, 0.4) is 0 Å². The minimum Gasteiger partial charge on any atom is -0.439 e. The molecular weight excluding hydrogens is 280 g/mol. The average Bonchev–Trinajstić information content (AvgIpc) is 2.41. The van der Waals surface area contributed by atoms with E-state index in [1.54, 1.807) is 18.3 Å². The first-order valence-corrected chi connectivity index (χ1v) is 6.61. The molecule has 1 aromatic heterocycles. The number of aromatic nitrogens is 1. The number of hydrogen-bond acceptors (Lipinski definition) is 3. The second-order valence-electron chi connectivity index (χ2n) is 3.96. The number of halogens is 1. The van der Waals surface area contributed by atoms with Gasteiger partial charge in [-0.15, -0.1) is 0 Å². The predicted molar refractivity (Wildman–Crippen MR) is 81.0 cm³/mol. The van der Waals surface area contributed by atoms with E-state index in [9.17, 15) is 0 Å². The molecule has 0 unspecified atom stereocenters. The topological polar surface area (TPSA) is 48.1 Å². The lowest BCUT2D eigenvalue weighted by Gasteiger charge is -2.08. The first-order chi connectivity index (χ1) is 9.10. The van der Waals surface area contributed by atoms with Crippen molar-refractivity contribution >= 4 is 28.8 Å². The predicted octanol–water partition coefficient (Wildman–Crippen LogP) is 3.72. The number of pyridine rings is 1. The zero-order valence-corrected chi connectivity index (χ0v) is 12.0. The van der Waals surface area contributed by atoms with Crippen LogP contribution in [0.4, 0.5) is 0 Å². The molecular formula is C14H13ClN2OS. The molecule has 0 atom stereocenters. The summed E-state index contributed by atoms with van der Waals surface area (Å²) in [6.45, 7) is 2.04. The average molecular weight is 293 g/mol. The second kappa shape index (κ2) is 5.99. The summed E-state index contributed by atoms with van der Waals surface area (Å²) in [5.41, 5.74) is 7.26. The van der Waals surface area contributed by atoms with Crippen LogP contribution in [0.5, 0.6) is 11.6 Å². The van der Waals surface area contributed by atoms with Gasteiger partial charge < -0.3 is 10.5 Å². The van der Waals surface area contributed by atoms with Gasteiger partial charge in [-0.1, -0.05) is 30.7 Å². The largest absolute Gasteiger partial charge is 0.439 e. The molecule has 2 rings (SSSR count). The Kier molecular flexibility index (Phi) is 4.35. The molecule has 19 heavy (non-hydrogen) atoms. The number of nitrogens with two attached hydrogens (primary N) is 1. The minimum atomic E-state index is 0.318. The van der Waals surface area contributed by atoms with Gasteiger partial charge in [-0.05, 0) is 36.2 Å². The van der Waals surface area contributed by atoms with Gasteiger partial charge in [0.05, 0.1) is 0 Å². The van der Waals surface area contributed by atoms with Crippen molar-refractivity contribution in [3.63, 3.8) is 0 Å². The molecule has 0 aliphatic carbocycles. The molecule has 5 heteroatoms. The number of hydrogen-bond donors (Lipinski definition) is 1. The second-order valence-corrected chi connectivity index (χ2v) is 4.81. The van der Waals surface area contributed by atoms with E-state index in [1.165, 1.54) is 0 Å². The number of thiocarbonyl (C=S) groups is 1. The van der Waals surface area contributed by atoms with Crippen LogP contribution in [-0.4, -0.2) is 9.97 Å². The third-order valence-corrected chi connectivity index (χ3v) is 3.25. The van der Waals surface area contributed by atoms with Gasteiger partial charge in [0.15, 0.2) is 0 Å². The van der Waals surface area contributed by atoms with E-state index in [0.29, 0.717) is 22.2 Å². The van der Waals surface area contributed by atoms with Crippen molar-refractivity contribution in [2.45, 2.75) is 13.3 Å². The molecule has 0 radical (unpaired) electrons. The quantitative estimate of drug-likeness (QED) is 0.873. The maximum Gasteiger partial charge on any atom is 0.219 e. The summed E-state index contributed by atoms with van der Waals surface area (Å²) in [5.74, 6) is 1.20. The van der Waals surface area contributed by atoms with Gasteiger partial charge in [0.2, 0.25) is 5.88 Å². The zero-order valence-electron chi connectivity index (χ0n) is 10.4. The number of nitrogens with zero attached hydrogens (tertiary/aromatic N) is 1. The molecule has 0 spiro atoms. The fraction of sp³-hybridized carbons (Fsp3) is 0.143. The van der Waals surface area contributed by atoms with Crippen molar-refractivity contribution < 1.29 is 4.74 Å². The van der Waals surface area contributed by atoms with Crippen LogP contribution >= 0.6 is 23.8 Å². The number of aryl methyl sites for hydroxylation is 1. The highest BCUT2D eigenvalue weighted by Gasteiger charge is 2.04. The number of rotatable bonds is 4. The van der Waals surface area contributed by atoms with E-state index in [2.05, 4.69) is 4.98 Å². The van der Waals surface area contributed by atoms with E-state index < -0.39 is 0 Å². The van der Waals surface area contributed by atoms with Gasteiger partial charge in [-0.3, -0.25) is 0 Å². The molecule has 0 aliphatic rings. The fourth-order valence-electron chi connectivity index (χ4n) is 1.59. The van der Waals surface area contributed by atoms with Crippen LogP contribution in [-0.2, 0) is 6.42 Å². The lowest BCUT2D eigenvalue weighted by atomic mass is 10.1. The summed E-state index contributed by atoms with van der Waals surface area (Å²) in [6.07, 6.45) is 2.44. The Hall–Kier alpha value is -1.65. The summed E-state index contributed by atoms with van der Waals surface area (Å²) >= 11 is 10.9. The molecule has 0 bridgehead atoms. The molecule has 1 aromatic carbocycles. The highest BCUT2D eigenvalue weighted by Crippen LogP contribution is 2.25. The molecule has 0 saturated carbocycles. The Bertz CT molecular complexity index is 599. The van der Waals surface area contributed by atoms with Crippen molar-refractivity contribution in [2.24, 2.45) is 5.73 Å². The Morgan fingerprint density at radius 2 is 2.16 bits per heavy atom. The maximum absolute atomic E-state index is 6.06. The monoisotopic (exact) mass is 292 g/mol. The van der Waals surface area contributed by atoms with E-state index in [0.717, 1.165) is 17.0 Å². The van der Waals surface area contributed by atoms with Crippen LogP contribution in [0.2, 0.25) is 5.02 Å². The Morgan fingerprint density at radius 3 is 2.74 bits per heavy atom. The van der Waals surface area contributed by atoms with Crippen LogP contribution in [0.15, 0.2) is 36.5 Å². The SMILES string of the molecule is CCc1cc(Oc2ccc(C(N)=S)cn2)ccc1Cl. The van der Waals surface area contributed by atoms with Crippen molar-refractivity contribution in [3.05, 3.63) is 52.7 Å². The Balaban J connectivity index is 2.19. The third-order valence-electron chi connectivity index (χ3n) is 2.64. The molecule has 2 aromatic rings. The Labute approximate surface area is 122 Å². The normalized spacial score (nSPS) is 10.2. The zero-order chi connectivity index (χ0) is 13.8. The molecule has 2 N–H and O–H groups in total. The molecule has 1 heterocycles. The maximum atomic E-state index is 6.06. The smallest absolute Gasteiger partial charge is 0.219 e. The van der Waals surface area contributed by atoms with Crippen molar-refractivity contribution in [1.82, 2.24) is 4.98 Å². The summed E-state index contributed by atoms with van der Waals surface area (Å²) in [4.78, 5) is 4.47. The lowest BCUT2D eigenvalue weighted by molar-refractivity contribution is 0.462. The van der Waals surface area contributed by atoms with Crippen molar-refractivity contribution in [3.8, 4) is 11.6 Å². The van der Waals surface area contributed by atoms with Gasteiger partial charge >= 0.3 is 0 Å².